The van der Waals surface area contributed by atoms with Crippen LogP contribution in [0.1, 0.15) is 53.6 Å². The molecule has 1 atom stereocenters. The van der Waals surface area contributed by atoms with Crippen LogP contribution in [0, 0.1) is 13.8 Å². The molecule has 180 valence electrons. The first-order valence-corrected chi connectivity index (χ1v) is 12.0. The number of benzene rings is 3. The Bertz CT molecular complexity index is 1260. The number of hydrogen-bond acceptors (Lipinski definition) is 4. The van der Waals surface area contributed by atoms with E-state index in [2.05, 4.69) is 0 Å². The van der Waals surface area contributed by atoms with Crippen molar-refractivity contribution in [1.82, 2.24) is 4.90 Å². The molecule has 1 aliphatic heterocycles. The first-order chi connectivity index (χ1) is 16.9. The molecular formula is C30H31NO4. The number of aryl methyl sites for hydroxylation is 2. The highest BCUT2D eigenvalue weighted by Gasteiger charge is 2.45. The average Bonchev–Trinajstić information content (AvgIpc) is 3.11. The lowest BCUT2D eigenvalue weighted by Crippen LogP contribution is -2.30. The molecule has 1 unspecified atom stereocenters. The third-order valence-corrected chi connectivity index (χ3v) is 6.34. The molecule has 0 aromatic heterocycles. The van der Waals surface area contributed by atoms with Crippen LogP contribution in [0.3, 0.4) is 0 Å². The van der Waals surface area contributed by atoms with Gasteiger partial charge in [0.05, 0.1) is 11.6 Å². The van der Waals surface area contributed by atoms with Crippen LogP contribution in [0.15, 0.2) is 78.4 Å². The molecule has 0 saturated carbocycles. The quantitative estimate of drug-likeness (QED) is 0.246. The number of ether oxygens (including phenoxy) is 1. The zero-order valence-electron chi connectivity index (χ0n) is 20.5. The van der Waals surface area contributed by atoms with E-state index in [0.717, 1.165) is 35.1 Å². The zero-order chi connectivity index (χ0) is 24.9. The van der Waals surface area contributed by atoms with Crippen molar-refractivity contribution < 1.29 is 19.4 Å². The number of likely N-dealkylation sites (tertiary alicyclic amines) is 1. The number of nitrogens with zero attached hydrogens (tertiary/aromatic N) is 1. The molecule has 3 aromatic carbocycles. The van der Waals surface area contributed by atoms with Crippen molar-refractivity contribution in [3.05, 3.63) is 106 Å². The molecule has 4 rings (SSSR count). The van der Waals surface area contributed by atoms with E-state index in [9.17, 15) is 14.7 Å². The fourth-order valence-corrected chi connectivity index (χ4v) is 4.48. The molecule has 1 amide bonds. The van der Waals surface area contributed by atoms with E-state index in [1.54, 1.807) is 23.1 Å². The number of hydrogen-bond donors (Lipinski definition) is 1. The van der Waals surface area contributed by atoms with Gasteiger partial charge < -0.3 is 14.7 Å². The van der Waals surface area contributed by atoms with E-state index in [1.165, 1.54) is 0 Å². The van der Waals surface area contributed by atoms with Gasteiger partial charge in [-0.05, 0) is 55.2 Å². The molecular weight excluding hydrogens is 438 g/mol. The summed E-state index contributed by atoms with van der Waals surface area (Å²) in [6.07, 6.45) is 1.68. The minimum atomic E-state index is -0.646. The second-order valence-electron chi connectivity index (χ2n) is 9.01. The molecule has 1 heterocycles. The molecule has 0 aliphatic carbocycles. The molecule has 1 aliphatic rings. The summed E-state index contributed by atoms with van der Waals surface area (Å²) < 4.78 is 5.96. The molecule has 0 radical (unpaired) electrons. The summed E-state index contributed by atoms with van der Waals surface area (Å²) in [6, 6.07) is 22.3. The first kappa shape index (κ1) is 24.3. The number of ketones is 1. The molecule has 3 aromatic rings. The lowest BCUT2D eigenvalue weighted by molar-refractivity contribution is -0.139. The van der Waals surface area contributed by atoms with Gasteiger partial charge in [-0.3, -0.25) is 9.59 Å². The van der Waals surface area contributed by atoms with E-state index in [0.29, 0.717) is 24.5 Å². The Balaban J connectivity index is 1.70. The highest BCUT2D eigenvalue weighted by molar-refractivity contribution is 6.46. The van der Waals surface area contributed by atoms with Crippen LogP contribution in [0.2, 0.25) is 0 Å². The monoisotopic (exact) mass is 469 g/mol. The third-order valence-electron chi connectivity index (χ3n) is 6.34. The zero-order valence-corrected chi connectivity index (χ0v) is 20.5. The maximum Gasteiger partial charge on any atom is 0.295 e. The highest BCUT2D eigenvalue weighted by atomic mass is 16.5. The average molecular weight is 470 g/mol. The second-order valence-corrected chi connectivity index (χ2v) is 9.01. The van der Waals surface area contributed by atoms with Crippen LogP contribution in [-0.2, 0) is 16.2 Å². The summed E-state index contributed by atoms with van der Waals surface area (Å²) in [7, 11) is 0. The van der Waals surface area contributed by atoms with E-state index < -0.39 is 17.7 Å². The minimum absolute atomic E-state index is 0.133. The number of rotatable bonds is 8. The van der Waals surface area contributed by atoms with Gasteiger partial charge >= 0.3 is 0 Å². The molecule has 1 fully saturated rings. The Morgan fingerprint density at radius 2 is 1.74 bits per heavy atom. The topological polar surface area (TPSA) is 66.8 Å². The van der Waals surface area contributed by atoms with Gasteiger partial charge in [0.1, 0.15) is 18.1 Å². The van der Waals surface area contributed by atoms with Gasteiger partial charge in [0.15, 0.2) is 0 Å². The molecule has 0 bridgehead atoms. The van der Waals surface area contributed by atoms with Gasteiger partial charge in [-0.1, -0.05) is 73.5 Å². The third kappa shape index (κ3) is 5.14. The van der Waals surface area contributed by atoms with Crippen molar-refractivity contribution in [1.29, 1.82) is 0 Å². The number of aliphatic hydroxyl groups excluding tert-OH is 1. The molecule has 1 saturated heterocycles. The van der Waals surface area contributed by atoms with Gasteiger partial charge in [0.25, 0.3) is 11.7 Å². The smallest absolute Gasteiger partial charge is 0.295 e. The lowest BCUT2D eigenvalue weighted by Gasteiger charge is -2.25. The Hall–Kier alpha value is -3.86. The molecule has 5 nitrogen and oxygen atoms in total. The summed E-state index contributed by atoms with van der Waals surface area (Å²) >= 11 is 0. The second kappa shape index (κ2) is 10.6. The predicted molar refractivity (Wildman–Crippen MR) is 137 cm³/mol. The van der Waals surface area contributed by atoms with E-state index in [1.807, 2.05) is 75.4 Å². The normalized spacial score (nSPS) is 17.1. The van der Waals surface area contributed by atoms with Gasteiger partial charge in [-0.15, -0.1) is 0 Å². The Morgan fingerprint density at radius 1 is 0.971 bits per heavy atom. The van der Waals surface area contributed by atoms with Crippen LogP contribution in [0.5, 0.6) is 5.75 Å². The maximum absolute atomic E-state index is 13.1. The van der Waals surface area contributed by atoms with Crippen molar-refractivity contribution >= 4 is 17.4 Å². The van der Waals surface area contributed by atoms with Crippen LogP contribution in [-0.4, -0.2) is 28.2 Å². The van der Waals surface area contributed by atoms with Gasteiger partial charge in [0.2, 0.25) is 0 Å². The SMILES string of the molecule is CCCCN1C(=O)C(=O)/C(=C(\O)c2ccc(OCc3ccccc3)c(C)c2)C1c1cccc(C)c1. The molecule has 5 heteroatoms. The van der Waals surface area contributed by atoms with Gasteiger partial charge in [0, 0.05) is 12.1 Å². The Morgan fingerprint density at radius 3 is 2.43 bits per heavy atom. The minimum Gasteiger partial charge on any atom is -0.507 e. The van der Waals surface area contributed by atoms with Crippen LogP contribution >= 0.6 is 0 Å². The number of aliphatic hydroxyl groups is 1. The van der Waals surface area contributed by atoms with Crippen LogP contribution in [0.25, 0.3) is 5.76 Å². The fraction of sp³-hybridized carbons (Fsp3) is 0.267. The standard InChI is InChI=1S/C30H31NO4/c1-4-5-16-31-27(23-13-9-10-20(2)17-23)26(29(33)30(31)34)28(32)24-14-15-25(21(3)18-24)35-19-22-11-7-6-8-12-22/h6-15,17-18,27,32H,4-5,16,19H2,1-3H3/b28-26-. The largest absolute Gasteiger partial charge is 0.507 e. The summed E-state index contributed by atoms with van der Waals surface area (Å²) in [4.78, 5) is 27.7. The molecule has 35 heavy (non-hydrogen) atoms. The summed E-state index contributed by atoms with van der Waals surface area (Å²) in [5.41, 5.74) is 4.36. The maximum atomic E-state index is 13.1. The van der Waals surface area contributed by atoms with Crippen LogP contribution < -0.4 is 4.74 Å². The number of carbonyl (C=O) groups is 2. The highest BCUT2D eigenvalue weighted by Crippen LogP contribution is 2.40. The van der Waals surface area contributed by atoms with E-state index >= 15 is 0 Å². The number of unbranched alkanes of at least 4 members (excludes halogenated alkanes) is 1. The number of carbonyl (C=O) groups excluding carboxylic acids is 2. The number of amides is 1. The fourth-order valence-electron chi connectivity index (χ4n) is 4.48. The lowest BCUT2D eigenvalue weighted by atomic mass is 9.94. The van der Waals surface area contributed by atoms with E-state index in [4.69, 9.17) is 4.74 Å². The summed E-state index contributed by atoms with van der Waals surface area (Å²) in [5, 5.41) is 11.3. The summed E-state index contributed by atoms with van der Waals surface area (Å²) in [5.74, 6) is -0.672. The van der Waals surface area contributed by atoms with Crippen LogP contribution in [0.4, 0.5) is 0 Å². The molecule has 1 N–H and O–H groups in total. The van der Waals surface area contributed by atoms with Crippen molar-refractivity contribution in [2.45, 2.75) is 46.3 Å². The van der Waals surface area contributed by atoms with Crippen molar-refractivity contribution in [2.75, 3.05) is 6.54 Å². The molecule has 0 spiro atoms. The Labute approximate surface area is 206 Å². The number of Topliss-reactive ketones (excluding diaryl/α,β-unsaturated/α-hetero) is 1. The predicted octanol–water partition coefficient (Wildman–Crippen LogP) is 6.10. The van der Waals surface area contributed by atoms with Crippen molar-refractivity contribution in [3.63, 3.8) is 0 Å². The Kier molecular flexibility index (Phi) is 7.35. The van der Waals surface area contributed by atoms with E-state index in [-0.39, 0.29) is 11.3 Å². The van der Waals surface area contributed by atoms with Crippen molar-refractivity contribution in [3.8, 4) is 5.75 Å². The van der Waals surface area contributed by atoms with Gasteiger partial charge in [-0.25, -0.2) is 0 Å². The summed E-state index contributed by atoms with van der Waals surface area (Å²) in [6.45, 7) is 6.81. The first-order valence-electron chi connectivity index (χ1n) is 12.0. The van der Waals surface area contributed by atoms with Gasteiger partial charge in [-0.2, -0.15) is 0 Å². The van der Waals surface area contributed by atoms with Crippen molar-refractivity contribution in [2.24, 2.45) is 0 Å².